The number of rotatable bonds is 8. The van der Waals surface area contributed by atoms with E-state index in [4.69, 9.17) is 0 Å². The second-order valence-electron chi connectivity index (χ2n) is 4.44. The topological polar surface area (TPSA) is 43.1 Å². The monoisotopic (exact) mass is 235 g/mol. The van der Waals surface area contributed by atoms with Crippen molar-refractivity contribution in [3.63, 3.8) is 0 Å². The molecule has 1 rings (SSSR count). The Morgan fingerprint density at radius 3 is 2.53 bits per heavy atom. The third-order valence-corrected chi connectivity index (χ3v) is 2.94. The molecule has 0 saturated heterocycles. The normalized spacial score (nSPS) is 10.4. The minimum atomic E-state index is -0.329. The molecular weight excluding hydrogens is 214 g/mol. The first-order chi connectivity index (χ1) is 8.24. The van der Waals surface area contributed by atoms with E-state index >= 15 is 0 Å². The molecule has 0 spiro atoms. The highest BCUT2D eigenvalue weighted by Gasteiger charge is 2.04. The van der Waals surface area contributed by atoms with Crippen LogP contribution in [-0.4, -0.2) is 4.92 Å². The fourth-order valence-corrected chi connectivity index (χ4v) is 1.93. The third-order valence-electron chi connectivity index (χ3n) is 2.94. The Morgan fingerprint density at radius 2 is 1.82 bits per heavy atom. The Hall–Kier alpha value is -1.38. The molecule has 3 heteroatoms. The maximum Gasteiger partial charge on any atom is 0.269 e. The van der Waals surface area contributed by atoms with Crippen LogP contribution in [0.2, 0.25) is 0 Å². The van der Waals surface area contributed by atoms with Gasteiger partial charge in [0.1, 0.15) is 0 Å². The molecule has 0 aliphatic heterocycles. The molecule has 0 saturated carbocycles. The number of hydrogen-bond donors (Lipinski definition) is 0. The largest absolute Gasteiger partial charge is 0.269 e. The number of nitro groups is 1. The van der Waals surface area contributed by atoms with Gasteiger partial charge in [-0.15, -0.1) is 0 Å². The van der Waals surface area contributed by atoms with Crippen molar-refractivity contribution in [1.82, 2.24) is 0 Å². The van der Waals surface area contributed by atoms with Gasteiger partial charge < -0.3 is 0 Å². The van der Waals surface area contributed by atoms with Crippen molar-refractivity contribution in [3.05, 3.63) is 39.9 Å². The first kappa shape index (κ1) is 13.7. The number of benzene rings is 1. The molecule has 0 radical (unpaired) electrons. The van der Waals surface area contributed by atoms with Gasteiger partial charge in [0.15, 0.2) is 0 Å². The van der Waals surface area contributed by atoms with Gasteiger partial charge in [0, 0.05) is 12.1 Å². The first-order valence-electron chi connectivity index (χ1n) is 6.47. The van der Waals surface area contributed by atoms with E-state index in [0.29, 0.717) is 0 Å². The summed E-state index contributed by atoms with van der Waals surface area (Å²) in [5.41, 5.74) is 1.28. The molecule has 0 amide bonds. The van der Waals surface area contributed by atoms with E-state index in [2.05, 4.69) is 6.92 Å². The minimum absolute atomic E-state index is 0.202. The van der Waals surface area contributed by atoms with Crippen LogP contribution in [0.3, 0.4) is 0 Å². The molecule has 1 aromatic rings. The van der Waals surface area contributed by atoms with Crippen molar-refractivity contribution >= 4 is 5.69 Å². The number of aryl methyl sites for hydroxylation is 1. The maximum absolute atomic E-state index is 10.6. The summed E-state index contributed by atoms with van der Waals surface area (Å²) < 4.78 is 0. The summed E-state index contributed by atoms with van der Waals surface area (Å²) in [6, 6.07) is 6.97. The molecule has 94 valence electrons. The van der Waals surface area contributed by atoms with Crippen LogP contribution < -0.4 is 0 Å². The van der Waals surface area contributed by atoms with Gasteiger partial charge in [-0.2, -0.15) is 0 Å². The molecule has 17 heavy (non-hydrogen) atoms. The predicted molar refractivity (Wildman–Crippen MR) is 70.2 cm³/mol. The van der Waals surface area contributed by atoms with Gasteiger partial charge in [0.05, 0.1) is 4.92 Å². The molecule has 0 fully saturated rings. The summed E-state index contributed by atoms with van der Waals surface area (Å²) >= 11 is 0. The van der Waals surface area contributed by atoms with Crippen molar-refractivity contribution in [2.24, 2.45) is 0 Å². The molecule has 1 aromatic carbocycles. The summed E-state index contributed by atoms with van der Waals surface area (Å²) in [4.78, 5) is 10.3. The van der Waals surface area contributed by atoms with Gasteiger partial charge in [-0.3, -0.25) is 10.1 Å². The van der Waals surface area contributed by atoms with Crippen LogP contribution in [0.1, 0.15) is 51.0 Å². The van der Waals surface area contributed by atoms with E-state index in [1.54, 1.807) is 18.2 Å². The number of nitrogens with zero attached hydrogens (tertiary/aromatic N) is 1. The van der Waals surface area contributed by atoms with Gasteiger partial charge in [0.2, 0.25) is 0 Å². The zero-order valence-corrected chi connectivity index (χ0v) is 10.5. The van der Waals surface area contributed by atoms with E-state index in [1.807, 2.05) is 6.07 Å². The van der Waals surface area contributed by atoms with Crippen molar-refractivity contribution in [3.8, 4) is 0 Å². The molecule has 0 bridgehead atoms. The van der Waals surface area contributed by atoms with Crippen LogP contribution in [-0.2, 0) is 6.42 Å². The fraction of sp³-hybridized carbons (Fsp3) is 0.571. The lowest BCUT2D eigenvalue weighted by Crippen LogP contribution is -1.91. The van der Waals surface area contributed by atoms with E-state index in [9.17, 15) is 10.1 Å². The molecule has 0 heterocycles. The predicted octanol–water partition coefficient (Wildman–Crippen LogP) is 4.50. The van der Waals surface area contributed by atoms with Crippen LogP contribution in [0.15, 0.2) is 24.3 Å². The average molecular weight is 235 g/mol. The summed E-state index contributed by atoms with van der Waals surface area (Å²) in [5, 5.41) is 10.6. The van der Waals surface area contributed by atoms with Crippen molar-refractivity contribution < 1.29 is 4.92 Å². The summed E-state index contributed by atoms with van der Waals surface area (Å²) in [5.74, 6) is 0. The van der Waals surface area contributed by atoms with E-state index in [1.165, 1.54) is 32.1 Å². The molecule has 0 atom stereocenters. The number of nitro benzene ring substituents is 1. The Bertz CT molecular complexity index is 350. The summed E-state index contributed by atoms with van der Waals surface area (Å²) in [7, 11) is 0. The zero-order valence-electron chi connectivity index (χ0n) is 10.5. The number of non-ortho nitro benzene ring substituents is 1. The highest BCUT2D eigenvalue weighted by atomic mass is 16.6. The molecular formula is C14H21NO2. The highest BCUT2D eigenvalue weighted by Crippen LogP contribution is 2.15. The first-order valence-corrected chi connectivity index (χ1v) is 6.47. The van der Waals surface area contributed by atoms with Crippen LogP contribution in [0.25, 0.3) is 0 Å². The minimum Gasteiger partial charge on any atom is -0.258 e. The van der Waals surface area contributed by atoms with Gasteiger partial charge in [-0.25, -0.2) is 0 Å². The third kappa shape index (κ3) is 5.48. The molecule has 0 aromatic heterocycles. The fourth-order valence-electron chi connectivity index (χ4n) is 1.93. The standard InChI is InChI=1S/C14H21NO2/c1-2-3-4-5-6-7-9-13-10-8-11-14(12-13)15(16)17/h8,10-12H,2-7,9H2,1H3. The molecule has 0 N–H and O–H groups in total. The van der Waals surface area contributed by atoms with Gasteiger partial charge in [-0.05, 0) is 18.4 Å². The Kier molecular flexibility index (Phi) is 6.30. The van der Waals surface area contributed by atoms with Crippen LogP contribution in [0, 0.1) is 10.1 Å². The molecule has 0 aliphatic rings. The van der Waals surface area contributed by atoms with Crippen LogP contribution in [0.5, 0.6) is 0 Å². The number of hydrogen-bond acceptors (Lipinski definition) is 2. The lowest BCUT2D eigenvalue weighted by atomic mass is 10.0. The summed E-state index contributed by atoms with van der Waals surface area (Å²) in [6.45, 7) is 2.21. The van der Waals surface area contributed by atoms with Gasteiger partial charge in [-0.1, -0.05) is 51.2 Å². The van der Waals surface area contributed by atoms with E-state index < -0.39 is 0 Å². The van der Waals surface area contributed by atoms with E-state index in [0.717, 1.165) is 18.4 Å². The smallest absolute Gasteiger partial charge is 0.258 e. The SMILES string of the molecule is CCCCCCCCc1cccc([N+](=O)[O-])c1. The second-order valence-corrected chi connectivity index (χ2v) is 4.44. The maximum atomic E-state index is 10.6. The average Bonchev–Trinajstić information content (AvgIpc) is 2.34. The Labute approximate surface area is 103 Å². The Morgan fingerprint density at radius 1 is 1.12 bits per heavy atom. The van der Waals surface area contributed by atoms with Crippen molar-refractivity contribution in [2.45, 2.75) is 51.9 Å². The zero-order chi connectivity index (χ0) is 12.5. The lowest BCUT2D eigenvalue weighted by Gasteiger charge is -2.02. The van der Waals surface area contributed by atoms with Gasteiger partial charge in [0.25, 0.3) is 5.69 Å². The molecule has 0 unspecified atom stereocenters. The van der Waals surface area contributed by atoms with E-state index in [-0.39, 0.29) is 10.6 Å². The van der Waals surface area contributed by atoms with Crippen LogP contribution in [0.4, 0.5) is 5.69 Å². The molecule has 3 nitrogen and oxygen atoms in total. The number of unbranched alkanes of at least 4 members (excludes halogenated alkanes) is 5. The highest BCUT2D eigenvalue weighted by molar-refractivity contribution is 5.34. The Balaban J connectivity index is 2.27. The lowest BCUT2D eigenvalue weighted by molar-refractivity contribution is -0.384. The summed E-state index contributed by atoms with van der Waals surface area (Å²) in [6.07, 6.45) is 8.48. The van der Waals surface area contributed by atoms with Crippen molar-refractivity contribution in [1.29, 1.82) is 0 Å². The molecule has 0 aliphatic carbocycles. The van der Waals surface area contributed by atoms with Gasteiger partial charge >= 0.3 is 0 Å². The second kappa shape index (κ2) is 7.82. The van der Waals surface area contributed by atoms with Crippen LogP contribution >= 0.6 is 0 Å². The van der Waals surface area contributed by atoms with Crippen molar-refractivity contribution in [2.75, 3.05) is 0 Å². The quantitative estimate of drug-likeness (QED) is 0.378.